The van der Waals surface area contributed by atoms with Crippen LogP contribution < -0.4 is 5.73 Å². The standard InChI is InChI=1S/C10H19NO/c1-9(2,10(3,4)11)8(12)7-5-6-7/h7H,5-6,11H2,1-4H3. The summed E-state index contributed by atoms with van der Waals surface area (Å²) in [5.74, 6) is 0.651. The molecule has 0 saturated heterocycles. The maximum absolute atomic E-state index is 11.8. The van der Waals surface area contributed by atoms with Gasteiger partial charge in [-0.25, -0.2) is 0 Å². The summed E-state index contributed by atoms with van der Waals surface area (Å²) in [5, 5.41) is 0. The molecule has 1 fully saturated rings. The van der Waals surface area contributed by atoms with Gasteiger partial charge in [0.1, 0.15) is 5.78 Å². The smallest absolute Gasteiger partial charge is 0.143 e. The van der Waals surface area contributed by atoms with E-state index in [2.05, 4.69) is 0 Å². The Morgan fingerprint density at radius 1 is 1.25 bits per heavy atom. The molecule has 1 aliphatic carbocycles. The fourth-order valence-corrected chi connectivity index (χ4v) is 1.17. The van der Waals surface area contributed by atoms with Crippen molar-refractivity contribution < 1.29 is 4.79 Å². The minimum atomic E-state index is -0.410. The van der Waals surface area contributed by atoms with Crippen LogP contribution in [0.3, 0.4) is 0 Å². The Balaban J connectivity index is 2.76. The minimum absolute atomic E-state index is 0.308. The van der Waals surface area contributed by atoms with Crippen molar-refractivity contribution >= 4 is 5.78 Å². The van der Waals surface area contributed by atoms with Gasteiger partial charge in [0.25, 0.3) is 0 Å². The van der Waals surface area contributed by atoms with Crippen LogP contribution in [0.1, 0.15) is 40.5 Å². The molecule has 1 rings (SSSR count). The lowest BCUT2D eigenvalue weighted by Gasteiger charge is -2.37. The van der Waals surface area contributed by atoms with E-state index in [0.717, 1.165) is 12.8 Å². The highest BCUT2D eigenvalue weighted by atomic mass is 16.1. The monoisotopic (exact) mass is 169 g/mol. The van der Waals surface area contributed by atoms with Gasteiger partial charge in [0, 0.05) is 16.9 Å². The van der Waals surface area contributed by atoms with E-state index in [1.165, 1.54) is 0 Å². The Kier molecular flexibility index (Phi) is 2.07. The SMILES string of the molecule is CC(C)(N)C(C)(C)C(=O)C1CC1. The second kappa shape index (κ2) is 2.56. The summed E-state index contributed by atoms with van der Waals surface area (Å²) in [5.41, 5.74) is 5.17. The van der Waals surface area contributed by atoms with Gasteiger partial charge >= 0.3 is 0 Å². The molecule has 2 heteroatoms. The molecular formula is C10H19NO. The average Bonchev–Trinajstić information content (AvgIpc) is 2.64. The predicted octanol–water partition coefficient (Wildman–Crippen LogP) is 1.73. The van der Waals surface area contributed by atoms with Crippen LogP contribution in [0.2, 0.25) is 0 Å². The summed E-state index contributed by atoms with van der Waals surface area (Å²) >= 11 is 0. The van der Waals surface area contributed by atoms with Crippen LogP contribution >= 0.6 is 0 Å². The summed E-state index contributed by atoms with van der Waals surface area (Å²) in [6.07, 6.45) is 2.14. The number of carbonyl (C=O) groups is 1. The van der Waals surface area contributed by atoms with Crippen LogP contribution in [0.15, 0.2) is 0 Å². The number of rotatable bonds is 3. The number of nitrogens with two attached hydrogens (primary N) is 1. The van der Waals surface area contributed by atoms with Gasteiger partial charge < -0.3 is 5.73 Å². The Hall–Kier alpha value is -0.370. The van der Waals surface area contributed by atoms with Gasteiger partial charge in [-0.05, 0) is 26.7 Å². The third kappa shape index (κ3) is 1.53. The zero-order valence-electron chi connectivity index (χ0n) is 8.48. The number of ketones is 1. The van der Waals surface area contributed by atoms with Gasteiger partial charge in [0.05, 0.1) is 0 Å². The molecule has 0 spiro atoms. The molecule has 0 aromatic rings. The zero-order chi connectivity index (χ0) is 9.57. The van der Waals surface area contributed by atoms with Crippen LogP contribution in [-0.4, -0.2) is 11.3 Å². The normalized spacial score (nSPS) is 19.4. The van der Waals surface area contributed by atoms with Crippen LogP contribution in [0.4, 0.5) is 0 Å². The molecule has 0 amide bonds. The van der Waals surface area contributed by atoms with E-state index in [0.29, 0.717) is 11.7 Å². The van der Waals surface area contributed by atoms with Crippen LogP contribution in [-0.2, 0) is 4.79 Å². The Labute approximate surface area is 74.5 Å². The first-order chi connectivity index (χ1) is 5.27. The first kappa shape index (κ1) is 9.72. The summed E-state index contributed by atoms with van der Waals surface area (Å²) < 4.78 is 0. The number of Topliss-reactive ketones (excluding diaryl/α,β-unsaturated/α-hetero) is 1. The Bertz CT molecular complexity index is 196. The lowest BCUT2D eigenvalue weighted by Crippen LogP contribution is -2.52. The fraction of sp³-hybridized carbons (Fsp3) is 0.900. The zero-order valence-corrected chi connectivity index (χ0v) is 8.48. The molecule has 0 atom stereocenters. The number of carbonyl (C=O) groups excluding carboxylic acids is 1. The summed E-state index contributed by atoms with van der Waals surface area (Å²) in [7, 11) is 0. The fourth-order valence-electron chi connectivity index (χ4n) is 1.17. The second-order valence-electron chi connectivity index (χ2n) is 4.99. The third-order valence-electron chi connectivity index (χ3n) is 3.17. The average molecular weight is 169 g/mol. The van der Waals surface area contributed by atoms with Gasteiger partial charge in [0.2, 0.25) is 0 Å². The van der Waals surface area contributed by atoms with Crippen LogP contribution in [0.25, 0.3) is 0 Å². The number of hydrogen-bond donors (Lipinski definition) is 1. The van der Waals surface area contributed by atoms with E-state index >= 15 is 0 Å². The first-order valence-electron chi connectivity index (χ1n) is 4.60. The molecule has 1 aliphatic rings. The van der Waals surface area contributed by atoms with Crippen molar-refractivity contribution in [3.05, 3.63) is 0 Å². The highest BCUT2D eigenvalue weighted by Crippen LogP contribution is 2.40. The molecule has 1 saturated carbocycles. The molecule has 0 heterocycles. The molecule has 0 unspecified atom stereocenters. The van der Waals surface area contributed by atoms with Crippen molar-refractivity contribution in [2.45, 2.75) is 46.1 Å². The Morgan fingerprint density at radius 2 is 1.67 bits per heavy atom. The van der Waals surface area contributed by atoms with Crippen LogP contribution in [0, 0.1) is 11.3 Å². The molecule has 12 heavy (non-hydrogen) atoms. The molecule has 0 aromatic carbocycles. The quantitative estimate of drug-likeness (QED) is 0.699. The van der Waals surface area contributed by atoms with Crippen molar-refractivity contribution in [2.24, 2.45) is 17.1 Å². The van der Waals surface area contributed by atoms with Gasteiger partial charge in [-0.3, -0.25) is 4.79 Å². The maximum Gasteiger partial charge on any atom is 0.143 e. The summed E-state index contributed by atoms with van der Waals surface area (Å²) in [6, 6.07) is 0. The topological polar surface area (TPSA) is 43.1 Å². The highest BCUT2D eigenvalue weighted by molar-refractivity contribution is 5.89. The molecule has 0 aromatic heterocycles. The molecule has 0 aliphatic heterocycles. The van der Waals surface area contributed by atoms with E-state index < -0.39 is 5.54 Å². The minimum Gasteiger partial charge on any atom is -0.325 e. The molecule has 2 N–H and O–H groups in total. The summed E-state index contributed by atoms with van der Waals surface area (Å²) in [6.45, 7) is 7.75. The molecular weight excluding hydrogens is 150 g/mol. The van der Waals surface area contributed by atoms with Crippen molar-refractivity contribution in [1.82, 2.24) is 0 Å². The van der Waals surface area contributed by atoms with Gasteiger partial charge in [-0.15, -0.1) is 0 Å². The maximum atomic E-state index is 11.8. The Morgan fingerprint density at radius 3 is 1.92 bits per heavy atom. The third-order valence-corrected chi connectivity index (χ3v) is 3.17. The summed E-state index contributed by atoms with van der Waals surface area (Å²) in [4.78, 5) is 11.8. The second-order valence-corrected chi connectivity index (χ2v) is 4.99. The van der Waals surface area contributed by atoms with Gasteiger partial charge in [0.15, 0.2) is 0 Å². The highest BCUT2D eigenvalue weighted by Gasteiger charge is 2.46. The van der Waals surface area contributed by atoms with Crippen molar-refractivity contribution in [1.29, 1.82) is 0 Å². The molecule has 2 nitrogen and oxygen atoms in total. The van der Waals surface area contributed by atoms with Gasteiger partial charge in [-0.1, -0.05) is 13.8 Å². The first-order valence-corrected chi connectivity index (χ1v) is 4.60. The lowest BCUT2D eigenvalue weighted by atomic mass is 9.71. The molecule has 0 radical (unpaired) electrons. The van der Waals surface area contributed by atoms with E-state index in [1.54, 1.807) is 0 Å². The van der Waals surface area contributed by atoms with Crippen molar-refractivity contribution in [3.8, 4) is 0 Å². The molecule has 0 bridgehead atoms. The largest absolute Gasteiger partial charge is 0.325 e. The van der Waals surface area contributed by atoms with Gasteiger partial charge in [-0.2, -0.15) is 0 Å². The van der Waals surface area contributed by atoms with Crippen LogP contribution in [0.5, 0.6) is 0 Å². The van der Waals surface area contributed by atoms with Crippen molar-refractivity contribution in [2.75, 3.05) is 0 Å². The predicted molar refractivity (Wildman–Crippen MR) is 49.8 cm³/mol. The molecule has 70 valence electrons. The van der Waals surface area contributed by atoms with E-state index in [9.17, 15) is 4.79 Å². The number of hydrogen-bond acceptors (Lipinski definition) is 2. The lowest BCUT2D eigenvalue weighted by molar-refractivity contribution is -0.131. The van der Waals surface area contributed by atoms with E-state index in [4.69, 9.17) is 5.73 Å². The van der Waals surface area contributed by atoms with Crippen molar-refractivity contribution in [3.63, 3.8) is 0 Å². The van der Waals surface area contributed by atoms with E-state index in [1.807, 2.05) is 27.7 Å². The van der Waals surface area contributed by atoms with E-state index in [-0.39, 0.29) is 5.41 Å².